The van der Waals surface area contributed by atoms with E-state index < -0.39 is 0 Å². The predicted molar refractivity (Wildman–Crippen MR) is 108 cm³/mol. The molecule has 5 heteroatoms. The molecule has 0 spiro atoms. The fourth-order valence-corrected chi connectivity index (χ4v) is 5.41. The number of hydrogen-bond donors (Lipinski definition) is 2. The van der Waals surface area contributed by atoms with Crippen LogP contribution in [-0.4, -0.2) is 16.6 Å². The van der Waals surface area contributed by atoms with Crippen molar-refractivity contribution in [1.82, 2.24) is 4.98 Å². The zero-order valence-electron chi connectivity index (χ0n) is 15.6. The Bertz CT molecular complexity index is 922. The second-order valence-electron chi connectivity index (χ2n) is 9.17. The third kappa shape index (κ3) is 3.38. The number of halogens is 1. The fourth-order valence-electron chi connectivity index (χ4n) is 5.21. The molecule has 5 rings (SSSR count). The highest BCUT2D eigenvalue weighted by Gasteiger charge is 2.53. The van der Waals surface area contributed by atoms with E-state index >= 15 is 0 Å². The van der Waals surface area contributed by atoms with Gasteiger partial charge in [-0.2, -0.15) is 0 Å². The summed E-state index contributed by atoms with van der Waals surface area (Å²) in [7, 11) is 0. The Kier molecular flexibility index (Phi) is 4.07. The number of H-pyrrole nitrogens is 1. The van der Waals surface area contributed by atoms with Crippen LogP contribution in [0.4, 0.5) is 0 Å². The molecule has 27 heavy (non-hydrogen) atoms. The zero-order chi connectivity index (χ0) is 18.6. The molecule has 3 fully saturated rings. The first-order valence-corrected chi connectivity index (χ1v) is 10.6. The van der Waals surface area contributed by atoms with Gasteiger partial charge in [-0.15, -0.1) is 0 Å². The van der Waals surface area contributed by atoms with Crippen molar-refractivity contribution in [2.45, 2.75) is 69.4 Å². The largest absolute Gasteiger partial charge is 0.489 e. The number of benzene rings is 1. The molecule has 3 aliphatic carbocycles. The van der Waals surface area contributed by atoms with Crippen molar-refractivity contribution in [1.29, 1.82) is 0 Å². The lowest BCUT2D eigenvalue weighted by Gasteiger charge is -2.42. The van der Waals surface area contributed by atoms with E-state index in [-0.39, 0.29) is 17.2 Å². The van der Waals surface area contributed by atoms with Crippen LogP contribution >= 0.6 is 11.6 Å². The first-order chi connectivity index (χ1) is 13.0. The Morgan fingerprint density at radius 2 is 1.89 bits per heavy atom. The van der Waals surface area contributed by atoms with E-state index in [2.05, 4.69) is 4.98 Å². The van der Waals surface area contributed by atoms with E-state index in [0.29, 0.717) is 21.6 Å². The van der Waals surface area contributed by atoms with Crippen molar-refractivity contribution in [3.63, 3.8) is 0 Å². The third-order valence-electron chi connectivity index (χ3n) is 7.09. The molecular formula is C22H27ClN2O2. The van der Waals surface area contributed by atoms with Gasteiger partial charge in [0.05, 0.1) is 11.1 Å². The molecule has 4 nitrogen and oxygen atoms in total. The number of aromatic amines is 1. The van der Waals surface area contributed by atoms with Crippen molar-refractivity contribution in [3.8, 4) is 5.75 Å². The molecule has 0 radical (unpaired) electrons. The first kappa shape index (κ1) is 17.6. The summed E-state index contributed by atoms with van der Waals surface area (Å²) in [6, 6.07) is 5.50. The molecule has 3 saturated carbocycles. The van der Waals surface area contributed by atoms with Crippen molar-refractivity contribution in [3.05, 3.63) is 39.8 Å². The van der Waals surface area contributed by atoms with Gasteiger partial charge >= 0.3 is 0 Å². The van der Waals surface area contributed by atoms with E-state index in [1.54, 1.807) is 12.3 Å². The minimum Gasteiger partial charge on any atom is -0.489 e. The van der Waals surface area contributed by atoms with Crippen molar-refractivity contribution in [2.75, 3.05) is 0 Å². The number of aromatic nitrogens is 1. The highest BCUT2D eigenvalue weighted by atomic mass is 35.5. The maximum atomic E-state index is 11.9. The molecule has 2 aromatic rings. The quantitative estimate of drug-likeness (QED) is 0.776. The van der Waals surface area contributed by atoms with E-state index in [4.69, 9.17) is 22.1 Å². The molecule has 1 heterocycles. The smallest absolute Gasteiger partial charge is 0.255 e. The molecule has 0 atom stereocenters. The topological polar surface area (TPSA) is 68.1 Å². The number of hydrogen-bond acceptors (Lipinski definition) is 3. The van der Waals surface area contributed by atoms with Crippen LogP contribution in [0.25, 0.3) is 10.8 Å². The number of pyridine rings is 1. The average molecular weight is 387 g/mol. The van der Waals surface area contributed by atoms with Gasteiger partial charge in [-0.3, -0.25) is 4.79 Å². The van der Waals surface area contributed by atoms with Gasteiger partial charge in [0.1, 0.15) is 5.75 Å². The Hall–Kier alpha value is -1.52. The number of nitrogens with two attached hydrogens (primary N) is 1. The summed E-state index contributed by atoms with van der Waals surface area (Å²) in [5.74, 6) is 1.58. The summed E-state index contributed by atoms with van der Waals surface area (Å²) < 4.78 is 6.30. The number of nitrogens with one attached hydrogen (secondary N) is 1. The van der Waals surface area contributed by atoms with Gasteiger partial charge in [-0.25, -0.2) is 0 Å². The van der Waals surface area contributed by atoms with Crippen LogP contribution in [0.1, 0.15) is 57.8 Å². The number of ether oxygens (including phenoxy) is 1. The normalized spacial score (nSPS) is 29.6. The lowest BCUT2D eigenvalue weighted by Crippen LogP contribution is -2.40. The zero-order valence-corrected chi connectivity index (χ0v) is 16.4. The SMILES string of the molecule is NC1(C[C@]2(C3CC3)CC[C@@H](Oc3cc4cc[nH]c(=O)c4cc3Cl)CC2)CC1. The molecule has 0 aliphatic heterocycles. The monoisotopic (exact) mass is 386 g/mol. The van der Waals surface area contributed by atoms with Gasteiger partial charge in [-0.1, -0.05) is 11.6 Å². The fraction of sp³-hybridized carbons (Fsp3) is 0.591. The van der Waals surface area contributed by atoms with Gasteiger partial charge in [-0.05, 0) is 92.7 Å². The van der Waals surface area contributed by atoms with Gasteiger partial charge in [0.25, 0.3) is 5.56 Å². The van der Waals surface area contributed by atoms with Crippen molar-refractivity contribution >= 4 is 22.4 Å². The summed E-state index contributed by atoms with van der Waals surface area (Å²) in [6.45, 7) is 0. The average Bonchev–Trinajstić information content (AvgIpc) is 3.56. The molecular weight excluding hydrogens is 360 g/mol. The standard InChI is InChI=1S/C22H27ClN2O2/c23-18-12-17-14(5-10-25-20(17)26)11-19(18)27-16-3-6-21(7-4-16,15-1-2-15)13-22(24)8-9-22/h5,10-12,15-16H,1-4,6-9,13,24H2,(H,25,26)/t16-,21+. The van der Waals surface area contributed by atoms with E-state index in [9.17, 15) is 4.79 Å². The molecule has 0 bridgehead atoms. The summed E-state index contributed by atoms with van der Waals surface area (Å²) in [6.07, 6.45) is 12.8. The van der Waals surface area contributed by atoms with E-state index in [1.165, 1.54) is 44.9 Å². The summed E-state index contributed by atoms with van der Waals surface area (Å²) >= 11 is 6.41. The first-order valence-electron chi connectivity index (χ1n) is 10.2. The molecule has 1 aromatic carbocycles. The molecule has 3 N–H and O–H groups in total. The Morgan fingerprint density at radius 3 is 2.56 bits per heavy atom. The number of rotatable bonds is 5. The molecule has 0 amide bonds. The van der Waals surface area contributed by atoms with E-state index in [1.807, 2.05) is 12.1 Å². The summed E-state index contributed by atoms with van der Waals surface area (Å²) in [4.78, 5) is 14.6. The minimum absolute atomic E-state index is 0.122. The Balaban J connectivity index is 1.31. The van der Waals surface area contributed by atoms with Gasteiger partial charge in [0.15, 0.2) is 0 Å². The van der Waals surface area contributed by atoms with Crippen molar-refractivity contribution in [2.24, 2.45) is 17.1 Å². The lowest BCUT2D eigenvalue weighted by molar-refractivity contribution is 0.0504. The predicted octanol–water partition coefficient (Wildman–Crippen LogP) is 4.78. The second kappa shape index (κ2) is 6.25. The third-order valence-corrected chi connectivity index (χ3v) is 7.38. The van der Waals surface area contributed by atoms with Crippen LogP contribution in [0.15, 0.2) is 29.2 Å². The minimum atomic E-state index is -0.122. The van der Waals surface area contributed by atoms with Crippen LogP contribution in [0.3, 0.4) is 0 Å². The summed E-state index contributed by atoms with van der Waals surface area (Å²) in [5.41, 5.74) is 6.95. The Labute approximate surface area is 164 Å². The Morgan fingerprint density at radius 1 is 1.15 bits per heavy atom. The highest BCUT2D eigenvalue weighted by Crippen LogP contribution is 2.60. The van der Waals surface area contributed by atoms with Gasteiger partial charge in [0, 0.05) is 17.1 Å². The molecule has 0 saturated heterocycles. The van der Waals surface area contributed by atoms with Crippen LogP contribution < -0.4 is 16.0 Å². The molecule has 3 aliphatic rings. The summed E-state index contributed by atoms with van der Waals surface area (Å²) in [5, 5.41) is 1.97. The van der Waals surface area contributed by atoms with Gasteiger partial charge < -0.3 is 15.5 Å². The van der Waals surface area contributed by atoms with Crippen molar-refractivity contribution < 1.29 is 4.74 Å². The van der Waals surface area contributed by atoms with Crippen LogP contribution in [0, 0.1) is 11.3 Å². The van der Waals surface area contributed by atoms with Crippen LogP contribution in [0.5, 0.6) is 5.75 Å². The van der Waals surface area contributed by atoms with Crippen LogP contribution in [-0.2, 0) is 0 Å². The van der Waals surface area contributed by atoms with E-state index in [0.717, 1.165) is 24.1 Å². The maximum Gasteiger partial charge on any atom is 0.255 e. The number of fused-ring (bicyclic) bond motifs is 1. The maximum absolute atomic E-state index is 11.9. The molecule has 0 unspecified atom stereocenters. The second-order valence-corrected chi connectivity index (χ2v) is 9.58. The lowest BCUT2D eigenvalue weighted by atomic mass is 9.66. The molecule has 144 valence electrons. The molecule has 1 aromatic heterocycles. The highest BCUT2D eigenvalue weighted by molar-refractivity contribution is 6.32. The van der Waals surface area contributed by atoms with Crippen LogP contribution in [0.2, 0.25) is 5.02 Å². The van der Waals surface area contributed by atoms with Gasteiger partial charge in [0.2, 0.25) is 0 Å².